The number of carbonyl (C=O) groups excluding carboxylic acids is 1. The molecule has 0 radical (unpaired) electrons. The summed E-state index contributed by atoms with van der Waals surface area (Å²) >= 11 is 0. The third-order valence-electron chi connectivity index (χ3n) is 5.03. The Balaban J connectivity index is 1.48. The summed E-state index contributed by atoms with van der Waals surface area (Å²) in [6, 6.07) is 7.34. The Bertz CT molecular complexity index is 1000. The number of nitrogens with zero attached hydrogens (tertiary/aromatic N) is 5. The first-order valence-corrected chi connectivity index (χ1v) is 9.54. The maximum absolute atomic E-state index is 12.8. The van der Waals surface area contributed by atoms with Crippen LogP contribution in [-0.2, 0) is 7.05 Å². The van der Waals surface area contributed by atoms with E-state index in [1.165, 1.54) is 0 Å². The molecule has 3 aromatic rings. The van der Waals surface area contributed by atoms with Crippen molar-refractivity contribution in [2.24, 2.45) is 7.05 Å². The summed E-state index contributed by atoms with van der Waals surface area (Å²) < 4.78 is 12.8. The van der Waals surface area contributed by atoms with Crippen molar-refractivity contribution in [2.75, 3.05) is 20.2 Å². The third kappa shape index (κ3) is 4.21. The van der Waals surface area contributed by atoms with Gasteiger partial charge in [-0.25, -0.2) is 9.97 Å². The molecule has 0 unspecified atom stereocenters. The highest BCUT2D eigenvalue weighted by atomic mass is 16.5. The van der Waals surface area contributed by atoms with E-state index in [2.05, 4.69) is 15.0 Å². The molecule has 1 aliphatic heterocycles. The van der Waals surface area contributed by atoms with Gasteiger partial charge in [-0.05, 0) is 25.0 Å². The molecular weight excluding hydrogens is 370 g/mol. The fraction of sp³-hybridized carbons (Fsp3) is 0.333. The van der Waals surface area contributed by atoms with E-state index in [1.54, 1.807) is 42.5 Å². The summed E-state index contributed by atoms with van der Waals surface area (Å²) in [4.78, 5) is 27.7. The normalized spacial score (nSPS) is 16.5. The average molecular weight is 393 g/mol. The van der Waals surface area contributed by atoms with Crippen molar-refractivity contribution >= 4 is 5.91 Å². The topological polar surface area (TPSA) is 82.4 Å². The van der Waals surface area contributed by atoms with Crippen molar-refractivity contribution in [1.29, 1.82) is 0 Å². The van der Waals surface area contributed by atoms with Gasteiger partial charge in [0.1, 0.15) is 11.5 Å². The number of aromatic nitrogens is 4. The molecule has 1 saturated heterocycles. The van der Waals surface area contributed by atoms with Crippen LogP contribution in [0, 0.1) is 0 Å². The molecule has 8 nitrogen and oxygen atoms in total. The van der Waals surface area contributed by atoms with Crippen molar-refractivity contribution in [1.82, 2.24) is 24.4 Å². The standard InChI is InChI=1S/C21H23N5O3/c1-25-10-8-23-20(25)21(27)26-9-4-5-15(14-26)18-12-22-13-19(24-18)29-17-7-3-6-16(11-17)28-2/h3,6-8,10-13,15H,4-5,9,14H2,1-2H3/t15-/m0/s1. The van der Waals surface area contributed by atoms with Gasteiger partial charge >= 0.3 is 0 Å². The molecule has 0 N–H and O–H groups in total. The van der Waals surface area contributed by atoms with Crippen molar-refractivity contribution in [2.45, 2.75) is 18.8 Å². The molecule has 1 aromatic carbocycles. The number of amides is 1. The van der Waals surface area contributed by atoms with Gasteiger partial charge in [0.2, 0.25) is 5.88 Å². The van der Waals surface area contributed by atoms with Gasteiger partial charge in [-0.3, -0.25) is 9.78 Å². The highest BCUT2D eigenvalue weighted by Gasteiger charge is 2.28. The van der Waals surface area contributed by atoms with Crippen LogP contribution in [0.2, 0.25) is 0 Å². The number of rotatable bonds is 5. The van der Waals surface area contributed by atoms with E-state index in [1.807, 2.05) is 30.1 Å². The van der Waals surface area contributed by atoms with Gasteiger partial charge in [0.25, 0.3) is 5.91 Å². The van der Waals surface area contributed by atoms with E-state index in [-0.39, 0.29) is 11.8 Å². The van der Waals surface area contributed by atoms with Crippen LogP contribution in [0.3, 0.4) is 0 Å². The van der Waals surface area contributed by atoms with E-state index in [4.69, 9.17) is 9.47 Å². The van der Waals surface area contributed by atoms with Crippen LogP contribution in [0.1, 0.15) is 35.1 Å². The molecule has 0 bridgehead atoms. The zero-order valence-corrected chi connectivity index (χ0v) is 16.5. The maximum atomic E-state index is 12.8. The van der Waals surface area contributed by atoms with Gasteiger partial charge in [-0.1, -0.05) is 6.07 Å². The Labute approximate surface area is 169 Å². The summed E-state index contributed by atoms with van der Waals surface area (Å²) in [7, 11) is 3.44. The Morgan fingerprint density at radius 2 is 2.10 bits per heavy atom. The van der Waals surface area contributed by atoms with Crippen molar-refractivity contribution in [3.05, 3.63) is 60.6 Å². The van der Waals surface area contributed by atoms with Crippen LogP contribution < -0.4 is 9.47 Å². The van der Waals surface area contributed by atoms with Crippen molar-refractivity contribution in [3.63, 3.8) is 0 Å². The number of methoxy groups -OCH3 is 1. The van der Waals surface area contributed by atoms with Crippen LogP contribution >= 0.6 is 0 Å². The fourth-order valence-corrected chi connectivity index (χ4v) is 3.51. The number of aryl methyl sites for hydroxylation is 1. The second-order valence-electron chi connectivity index (χ2n) is 7.02. The van der Waals surface area contributed by atoms with Gasteiger partial charge in [0.05, 0.1) is 19.0 Å². The van der Waals surface area contributed by atoms with Crippen LogP contribution in [0.15, 0.2) is 49.1 Å². The first-order chi connectivity index (χ1) is 14.1. The Kier molecular flexibility index (Phi) is 5.41. The maximum Gasteiger partial charge on any atom is 0.289 e. The molecule has 1 aliphatic rings. The van der Waals surface area contributed by atoms with Crippen LogP contribution in [0.25, 0.3) is 0 Å². The van der Waals surface area contributed by atoms with Crippen LogP contribution in [-0.4, -0.2) is 50.5 Å². The molecule has 1 amide bonds. The predicted octanol–water partition coefficient (Wildman–Crippen LogP) is 3.03. The first kappa shape index (κ1) is 18.9. The van der Waals surface area contributed by atoms with E-state index in [9.17, 15) is 4.79 Å². The zero-order chi connectivity index (χ0) is 20.2. The molecule has 8 heteroatoms. The SMILES string of the molecule is COc1cccc(Oc2cncc([C@H]3CCCN(C(=O)c4nccn4C)C3)n2)c1. The second-order valence-corrected chi connectivity index (χ2v) is 7.02. The summed E-state index contributed by atoms with van der Waals surface area (Å²) in [5, 5.41) is 0. The molecule has 3 heterocycles. The lowest BCUT2D eigenvalue weighted by atomic mass is 9.95. The largest absolute Gasteiger partial charge is 0.497 e. The van der Waals surface area contributed by atoms with Crippen LogP contribution in [0.5, 0.6) is 17.4 Å². The molecule has 2 aromatic heterocycles. The molecule has 1 fully saturated rings. The van der Waals surface area contributed by atoms with Gasteiger partial charge in [0, 0.05) is 50.7 Å². The monoisotopic (exact) mass is 393 g/mol. The quantitative estimate of drug-likeness (QED) is 0.663. The Hall–Kier alpha value is -3.42. The number of hydrogen-bond donors (Lipinski definition) is 0. The molecule has 29 heavy (non-hydrogen) atoms. The minimum Gasteiger partial charge on any atom is -0.497 e. The summed E-state index contributed by atoms with van der Waals surface area (Å²) in [5.41, 5.74) is 0.822. The van der Waals surface area contributed by atoms with E-state index < -0.39 is 0 Å². The van der Waals surface area contributed by atoms with E-state index in [0.717, 1.165) is 25.1 Å². The zero-order valence-electron chi connectivity index (χ0n) is 16.5. The number of carbonyl (C=O) groups is 1. The lowest BCUT2D eigenvalue weighted by molar-refractivity contribution is 0.0689. The molecule has 150 valence electrons. The lowest BCUT2D eigenvalue weighted by Gasteiger charge is -2.32. The van der Waals surface area contributed by atoms with Gasteiger partial charge in [-0.15, -0.1) is 0 Å². The molecule has 0 aliphatic carbocycles. The molecule has 0 saturated carbocycles. The summed E-state index contributed by atoms with van der Waals surface area (Å²) in [5.74, 6) is 2.26. The fourth-order valence-electron chi connectivity index (χ4n) is 3.51. The highest BCUT2D eigenvalue weighted by Crippen LogP contribution is 2.29. The minimum absolute atomic E-state index is 0.0565. The molecule has 1 atom stereocenters. The first-order valence-electron chi connectivity index (χ1n) is 9.54. The number of benzene rings is 1. The molecule has 4 rings (SSSR count). The van der Waals surface area contributed by atoms with Gasteiger partial charge in [-0.2, -0.15) is 0 Å². The number of piperidine rings is 1. The molecule has 0 spiro atoms. The number of ether oxygens (including phenoxy) is 2. The smallest absolute Gasteiger partial charge is 0.289 e. The van der Waals surface area contributed by atoms with Gasteiger partial charge < -0.3 is 18.9 Å². The number of imidazole rings is 1. The minimum atomic E-state index is -0.0565. The molecular formula is C21H23N5O3. The van der Waals surface area contributed by atoms with Crippen molar-refractivity contribution < 1.29 is 14.3 Å². The average Bonchev–Trinajstić information content (AvgIpc) is 3.19. The number of likely N-dealkylation sites (tertiary alicyclic amines) is 1. The highest BCUT2D eigenvalue weighted by molar-refractivity contribution is 5.90. The number of hydrogen-bond acceptors (Lipinski definition) is 6. The summed E-state index contributed by atoms with van der Waals surface area (Å²) in [6.45, 7) is 1.30. The van der Waals surface area contributed by atoms with E-state index in [0.29, 0.717) is 29.7 Å². The van der Waals surface area contributed by atoms with Crippen molar-refractivity contribution in [3.8, 4) is 17.4 Å². The van der Waals surface area contributed by atoms with Gasteiger partial charge in [0.15, 0.2) is 5.82 Å². The van der Waals surface area contributed by atoms with E-state index >= 15 is 0 Å². The lowest BCUT2D eigenvalue weighted by Crippen LogP contribution is -2.40. The second kappa shape index (κ2) is 8.30. The Morgan fingerprint density at radius 3 is 2.90 bits per heavy atom. The predicted molar refractivity (Wildman–Crippen MR) is 106 cm³/mol. The third-order valence-corrected chi connectivity index (χ3v) is 5.03. The summed E-state index contributed by atoms with van der Waals surface area (Å²) in [6.07, 6.45) is 8.60. The van der Waals surface area contributed by atoms with Crippen LogP contribution in [0.4, 0.5) is 0 Å². The Morgan fingerprint density at radius 1 is 1.24 bits per heavy atom.